The molecule has 0 radical (unpaired) electrons. The first-order valence-corrected chi connectivity index (χ1v) is 6.53. The molecule has 2 aromatic rings. The molecular formula is C16H15NO4. The predicted molar refractivity (Wildman–Crippen MR) is 77.1 cm³/mol. The standard InChI is InChI=1S/C16H15NO4/c1-3-14(18)13-8-7-11(9-17-13)21-15-6-4-5-12(10(15)2)16(19)20/h4-9H,3H2,1-2H3,(H,19,20). The van der Waals surface area contributed by atoms with E-state index in [1.807, 2.05) is 0 Å². The minimum absolute atomic E-state index is 0.0365. The molecule has 1 heterocycles. The van der Waals surface area contributed by atoms with Crippen molar-refractivity contribution < 1.29 is 19.4 Å². The van der Waals surface area contributed by atoms with Crippen LogP contribution in [0.1, 0.15) is 39.8 Å². The van der Waals surface area contributed by atoms with Crippen molar-refractivity contribution in [2.24, 2.45) is 0 Å². The maximum absolute atomic E-state index is 11.5. The number of aromatic carboxylic acids is 1. The minimum Gasteiger partial charge on any atom is -0.478 e. The summed E-state index contributed by atoms with van der Waals surface area (Å²) in [5.74, 6) is -0.134. The van der Waals surface area contributed by atoms with Gasteiger partial charge in [0.2, 0.25) is 0 Å². The highest BCUT2D eigenvalue weighted by molar-refractivity contribution is 5.94. The monoisotopic (exact) mass is 285 g/mol. The van der Waals surface area contributed by atoms with Gasteiger partial charge in [0.1, 0.15) is 17.2 Å². The molecular weight excluding hydrogens is 270 g/mol. The number of hydrogen-bond acceptors (Lipinski definition) is 4. The topological polar surface area (TPSA) is 76.5 Å². The molecule has 0 unspecified atom stereocenters. The van der Waals surface area contributed by atoms with Gasteiger partial charge < -0.3 is 9.84 Å². The van der Waals surface area contributed by atoms with Gasteiger partial charge in [-0.25, -0.2) is 9.78 Å². The van der Waals surface area contributed by atoms with Gasteiger partial charge >= 0.3 is 5.97 Å². The Morgan fingerprint density at radius 1 is 1.24 bits per heavy atom. The van der Waals surface area contributed by atoms with E-state index >= 15 is 0 Å². The van der Waals surface area contributed by atoms with Crippen LogP contribution in [0.3, 0.4) is 0 Å². The highest BCUT2D eigenvalue weighted by Crippen LogP contribution is 2.26. The Hall–Kier alpha value is -2.69. The molecule has 1 N–H and O–H groups in total. The number of nitrogens with zero attached hydrogens (tertiary/aromatic N) is 1. The first-order chi connectivity index (χ1) is 10.0. The van der Waals surface area contributed by atoms with Crippen LogP contribution in [0.5, 0.6) is 11.5 Å². The molecule has 0 saturated heterocycles. The lowest BCUT2D eigenvalue weighted by Crippen LogP contribution is -2.02. The average Bonchev–Trinajstić information content (AvgIpc) is 2.49. The van der Waals surface area contributed by atoms with Crippen molar-refractivity contribution in [2.45, 2.75) is 20.3 Å². The quantitative estimate of drug-likeness (QED) is 0.851. The normalized spacial score (nSPS) is 10.2. The van der Waals surface area contributed by atoms with E-state index in [4.69, 9.17) is 9.84 Å². The number of aromatic nitrogens is 1. The van der Waals surface area contributed by atoms with Crippen molar-refractivity contribution in [1.29, 1.82) is 0 Å². The van der Waals surface area contributed by atoms with Crippen molar-refractivity contribution in [3.05, 3.63) is 53.3 Å². The molecule has 0 aliphatic heterocycles. The summed E-state index contributed by atoms with van der Waals surface area (Å²) >= 11 is 0. The van der Waals surface area contributed by atoms with Gasteiger partial charge in [-0.3, -0.25) is 4.79 Å². The number of ether oxygens (including phenoxy) is 1. The van der Waals surface area contributed by atoms with Crippen LogP contribution in [0.15, 0.2) is 36.5 Å². The number of carbonyl (C=O) groups excluding carboxylic acids is 1. The lowest BCUT2D eigenvalue weighted by atomic mass is 10.1. The third kappa shape index (κ3) is 3.25. The van der Waals surface area contributed by atoms with Crippen LogP contribution in [0.25, 0.3) is 0 Å². The molecule has 0 aliphatic carbocycles. The summed E-state index contributed by atoms with van der Waals surface area (Å²) in [5.41, 5.74) is 1.12. The van der Waals surface area contributed by atoms with Gasteiger partial charge in [-0.1, -0.05) is 13.0 Å². The van der Waals surface area contributed by atoms with Crippen LogP contribution in [0.2, 0.25) is 0 Å². The van der Waals surface area contributed by atoms with E-state index in [2.05, 4.69) is 4.98 Å². The van der Waals surface area contributed by atoms with Crippen LogP contribution < -0.4 is 4.74 Å². The van der Waals surface area contributed by atoms with Crippen molar-refractivity contribution in [3.63, 3.8) is 0 Å². The molecule has 5 nitrogen and oxygen atoms in total. The molecule has 21 heavy (non-hydrogen) atoms. The molecule has 0 spiro atoms. The summed E-state index contributed by atoms with van der Waals surface area (Å²) in [6, 6.07) is 8.06. The Balaban J connectivity index is 2.24. The number of ketones is 1. The number of carboxylic acid groups (broad SMARTS) is 1. The zero-order valence-electron chi connectivity index (χ0n) is 11.8. The van der Waals surface area contributed by atoms with Gasteiger partial charge in [-0.05, 0) is 31.2 Å². The minimum atomic E-state index is -1.00. The third-order valence-electron chi connectivity index (χ3n) is 3.09. The van der Waals surface area contributed by atoms with Crippen molar-refractivity contribution >= 4 is 11.8 Å². The van der Waals surface area contributed by atoms with E-state index in [1.165, 1.54) is 12.3 Å². The Morgan fingerprint density at radius 3 is 2.57 bits per heavy atom. The predicted octanol–water partition coefficient (Wildman–Crippen LogP) is 3.47. The second kappa shape index (κ2) is 6.17. The highest BCUT2D eigenvalue weighted by Gasteiger charge is 2.12. The maximum Gasteiger partial charge on any atom is 0.336 e. The molecule has 0 bridgehead atoms. The fourth-order valence-corrected chi connectivity index (χ4v) is 1.87. The smallest absolute Gasteiger partial charge is 0.336 e. The zero-order chi connectivity index (χ0) is 15.4. The first kappa shape index (κ1) is 14.7. The number of pyridine rings is 1. The van der Waals surface area contributed by atoms with Gasteiger partial charge in [-0.2, -0.15) is 0 Å². The first-order valence-electron chi connectivity index (χ1n) is 6.53. The van der Waals surface area contributed by atoms with Crippen LogP contribution >= 0.6 is 0 Å². The molecule has 0 fully saturated rings. The lowest BCUT2D eigenvalue weighted by molar-refractivity contribution is 0.0695. The Labute approximate surface area is 122 Å². The number of Topliss-reactive ketones (excluding diaryl/α,β-unsaturated/α-hetero) is 1. The molecule has 108 valence electrons. The van der Waals surface area contributed by atoms with Crippen LogP contribution in [0.4, 0.5) is 0 Å². The molecule has 0 saturated carbocycles. The van der Waals surface area contributed by atoms with Gasteiger partial charge in [0.25, 0.3) is 0 Å². The summed E-state index contributed by atoms with van der Waals surface area (Å²) in [6.07, 6.45) is 1.85. The van der Waals surface area contributed by atoms with Gasteiger partial charge in [0, 0.05) is 12.0 Å². The average molecular weight is 285 g/mol. The second-order valence-corrected chi connectivity index (χ2v) is 4.49. The van der Waals surface area contributed by atoms with Gasteiger partial charge in [0.15, 0.2) is 5.78 Å². The van der Waals surface area contributed by atoms with E-state index in [1.54, 1.807) is 38.1 Å². The van der Waals surface area contributed by atoms with E-state index in [-0.39, 0.29) is 11.3 Å². The summed E-state index contributed by atoms with van der Waals surface area (Å²) in [5, 5.41) is 9.08. The maximum atomic E-state index is 11.5. The largest absolute Gasteiger partial charge is 0.478 e. The molecule has 0 atom stereocenters. The van der Waals surface area contributed by atoms with Gasteiger partial charge in [-0.15, -0.1) is 0 Å². The molecule has 1 aromatic heterocycles. The Kier molecular flexibility index (Phi) is 4.33. The number of carbonyl (C=O) groups is 2. The van der Waals surface area contributed by atoms with Gasteiger partial charge in [0.05, 0.1) is 11.8 Å². The van der Waals surface area contributed by atoms with Crippen molar-refractivity contribution in [1.82, 2.24) is 4.98 Å². The highest BCUT2D eigenvalue weighted by atomic mass is 16.5. The summed E-state index contributed by atoms with van der Waals surface area (Å²) < 4.78 is 5.63. The molecule has 2 rings (SSSR count). The zero-order valence-corrected chi connectivity index (χ0v) is 11.8. The fourth-order valence-electron chi connectivity index (χ4n) is 1.87. The fraction of sp³-hybridized carbons (Fsp3) is 0.188. The van der Waals surface area contributed by atoms with Crippen molar-refractivity contribution in [3.8, 4) is 11.5 Å². The van der Waals surface area contributed by atoms with Crippen LogP contribution in [-0.2, 0) is 0 Å². The number of rotatable bonds is 5. The molecule has 1 aromatic carbocycles. The number of hydrogen-bond donors (Lipinski definition) is 1. The Bertz CT molecular complexity index is 677. The van der Waals surface area contributed by atoms with Crippen LogP contribution in [0, 0.1) is 6.92 Å². The lowest BCUT2D eigenvalue weighted by Gasteiger charge is -2.10. The SMILES string of the molecule is CCC(=O)c1ccc(Oc2cccc(C(=O)O)c2C)cn1. The third-order valence-corrected chi connectivity index (χ3v) is 3.09. The van der Waals surface area contributed by atoms with Crippen LogP contribution in [-0.4, -0.2) is 21.8 Å². The van der Waals surface area contributed by atoms with E-state index in [0.717, 1.165) is 0 Å². The molecule has 0 aliphatic rings. The van der Waals surface area contributed by atoms with E-state index in [9.17, 15) is 9.59 Å². The van der Waals surface area contributed by atoms with Crippen molar-refractivity contribution in [2.75, 3.05) is 0 Å². The summed E-state index contributed by atoms with van der Waals surface area (Å²) in [4.78, 5) is 26.6. The summed E-state index contributed by atoms with van der Waals surface area (Å²) in [6.45, 7) is 3.45. The van der Waals surface area contributed by atoms with E-state index in [0.29, 0.717) is 29.2 Å². The summed E-state index contributed by atoms with van der Waals surface area (Å²) in [7, 11) is 0. The second-order valence-electron chi connectivity index (χ2n) is 4.49. The van der Waals surface area contributed by atoms with E-state index < -0.39 is 5.97 Å². The molecule has 5 heteroatoms. The number of benzene rings is 1. The molecule has 0 amide bonds. The number of carboxylic acids is 1. The Morgan fingerprint density at radius 2 is 2.00 bits per heavy atom.